The first-order valence-corrected chi connectivity index (χ1v) is 8.76. The van der Waals surface area contributed by atoms with Gasteiger partial charge in [0.2, 0.25) is 5.91 Å². The average molecular weight is 372 g/mol. The molecule has 1 amide bonds. The summed E-state index contributed by atoms with van der Waals surface area (Å²) in [6.07, 6.45) is 4.26. The minimum Gasteiger partial charge on any atom is -0.342 e. The Morgan fingerprint density at radius 3 is 2.62 bits per heavy atom. The van der Waals surface area contributed by atoms with E-state index >= 15 is 0 Å². The van der Waals surface area contributed by atoms with Crippen molar-refractivity contribution in [3.8, 4) is 0 Å². The number of likely N-dealkylation sites (tertiary alicyclic amines) is 1. The molecular weight excluding hydrogens is 352 g/mol. The zero-order valence-electron chi connectivity index (χ0n) is 11.9. The molecule has 0 bridgehead atoms. The fraction of sp³-hybridized carbons (Fsp3) is 0.562. The van der Waals surface area contributed by atoms with E-state index in [0.29, 0.717) is 17.9 Å². The van der Waals surface area contributed by atoms with Gasteiger partial charge in [-0.15, -0.1) is 0 Å². The number of carbonyl (C=O) groups excluding carboxylic acids is 1. The van der Waals surface area contributed by atoms with Gasteiger partial charge < -0.3 is 10.2 Å². The summed E-state index contributed by atoms with van der Waals surface area (Å²) >= 11 is 9.65. The molecule has 1 saturated carbocycles. The van der Waals surface area contributed by atoms with Gasteiger partial charge in [0.1, 0.15) is 0 Å². The minimum absolute atomic E-state index is 0.344. The second-order valence-corrected chi connectivity index (χ2v) is 7.31. The maximum absolute atomic E-state index is 12.0. The van der Waals surface area contributed by atoms with Crippen molar-refractivity contribution in [3.63, 3.8) is 0 Å². The number of rotatable bonds is 4. The highest BCUT2D eigenvalue weighted by molar-refractivity contribution is 9.10. The Hall–Kier alpha value is -0.580. The zero-order chi connectivity index (χ0) is 14.8. The van der Waals surface area contributed by atoms with Crippen LogP contribution in [0.25, 0.3) is 0 Å². The first-order valence-electron chi connectivity index (χ1n) is 7.59. The van der Waals surface area contributed by atoms with E-state index in [9.17, 15) is 4.79 Å². The standard InChI is InChI=1S/C16H20BrClN2O/c17-13-4-3-12(15(18)9-13)10-19-14-5-7-20(8-6-14)16(21)11-1-2-11/h3-4,9,11,14,19H,1-2,5-8,10H2. The van der Waals surface area contributed by atoms with Crippen LogP contribution in [0.5, 0.6) is 0 Å². The lowest BCUT2D eigenvalue weighted by Crippen LogP contribution is -2.45. The third-order valence-electron chi connectivity index (χ3n) is 4.33. The summed E-state index contributed by atoms with van der Waals surface area (Å²) in [6, 6.07) is 6.47. The van der Waals surface area contributed by atoms with Gasteiger partial charge in [0, 0.05) is 41.1 Å². The number of hydrogen-bond donors (Lipinski definition) is 1. The topological polar surface area (TPSA) is 32.3 Å². The zero-order valence-corrected chi connectivity index (χ0v) is 14.3. The highest BCUT2D eigenvalue weighted by Crippen LogP contribution is 2.32. The second kappa shape index (κ2) is 6.67. The number of amides is 1. The Labute approximate surface area is 139 Å². The van der Waals surface area contributed by atoms with Gasteiger partial charge in [-0.3, -0.25) is 4.79 Å². The number of piperidine rings is 1. The van der Waals surface area contributed by atoms with Crippen molar-refractivity contribution < 1.29 is 4.79 Å². The molecule has 0 unspecified atom stereocenters. The van der Waals surface area contributed by atoms with Crippen molar-refractivity contribution in [1.29, 1.82) is 0 Å². The molecule has 1 N–H and O–H groups in total. The van der Waals surface area contributed by atoms with Gasteiger partial charge in [-0.25, -0.2) is 0 Å². The molecule has 1 heterocycles. The van der Waals surface area contributed by atoms with Crippen molar-refractivity contribution in [2.24, 2.45) is 5.92 Å². The van der Waals surface area contributed by atoms with E-state index in [2.05, 4.69) is 21.2 Å². The number of hydrogen-bond acceptors (Lipinski definition) is 2. The van der Waals surface area contributed by atoms with Gasteiger partial charge in [-0.2, -0.15) is 0 Å². The molecule has 1 aromatic carbocycles. The smallest absolute Gasteiger partial charge is 0.225 e. The fourth-order valence-corrected chi connectivity index (χ4v) is 3.55. The molecule has 1 saturated heterocycles. The molecular formula is C16H20BrClN2O. The number of carbonyl (C=O) groups is 1. The van der Waals surface area contributed by atoms with Crippen LogP contribution in [0.4, 0.5) is 0 Å². The number of halogens is 2. The number of nitrogens with one attached hydrogen (secondary N) is 1. The summed E-state index contributed by atoms with van der Waals surface area (Å²) in [4.78, 5) is 14.1. The molecule has 114 valence electrons. The maximum Gasteiger partial charge on any atom is 0.225 e. The van der Waals surface area contributed by atoms with Gasteiger partial charge in [-0.1, -0.05) is 33.6 Å². The van der Waals surface area contributed by atoms with E-state index in [-0.39, 0.29) is 0 Å². The van der Waals surface area contributed by atoms with Gasteiger partial charge in [0.05, 0.1) is 0 Å². The SMILES string of the molecule is O=C(C1CC1)N1CCC(NCc2ccc(Br)cc2Cl)CC1. The molecule has 1 aliphatic heterocycles. The van der Waals surface area contributed by atoms with Crippen molar-refractivity contribution in [2.45, 2.75) is 38.3 Å². The number of nitrogens with zero attached hydrogens (tertiary/aromatic N) is 1. The van der Waals surface area contributed by atoms with Gasteiger partial charge in [0.25, 0.3) is 0 Å². The van der Waals surface area contributed by atoms with E-state index in [1.54, 1.807) is 0 Å². The van der Waals surface area contributed by atoms with E-state index in [0.717, 1.165) is 60.4 Å². The third kappa shape index (κ3) is 3.99. The van der Waals surface area contributed by atoms with Crippen LogP contribution < -0.4 is 5.32 Å². The van der Waals surface area contributed by atoms with Crippen molar-refractivity contribution >= 4 is 33.4 Å². The molecule has 2 fully saturated rings. The summed E-state index contributed by atoms with van der Waals surface area (Å²) in [7, 11) is 0. The van der Waals surface area contributed by atoms with Crippen LogP contribution in [-0.4, -0.2) is 29.9 Å². The Bertz CT molecular complexity index is 525. The molecule has 1 aromatic rings. The predicted molar refractivity (Wildman–Crippen MR) is 88.3 cm³/mol. The first-order chi connectivity index (χ1) is 10.1. The molecule has 2 aliphatic rings. The summed E-state index contributed by atoms with van der Waals surface area (Å²) in [5, 5.41) is 4.35. The van der Waals surface area contributed by atoms with Crippen LogP contribution in [-0.2, 0) is 11.3 Å². The van der Waals surface area contributed by atoms with Gasteiger partial charge >= 0.3 is 0 Å². The van der Waals surface area contributed by atoms with Crippen molar-refractivity contribution in [3.05, 3.63) is 33.3 Å². The lowest BCUT2D eigenvalue weighted by atomic mass is 10.0. The van der Waals surface area contributed by atoms with Crippen molar-refractivity contribution in [1.82, 2.24) is 10.2 Å². The summed E-state index contributed by atoms with van der Waals surface area (Å²) in [5.41, 5.74) is 1.12. The van der Waals surface area contributed by atoms with Crippen LogP contribution in [0.15, 0.2) is 22.7 Å². The molecule has 21 heavy (non-hydrogen) atoms. The number of benzene rings is 1. The molecule has 0 aromatic heterocycles. The van der Waals surface area contributed by atoms with Crippen molar-refractivity contribution in [2.75, 3.05) is 13.1 Å². The lowest BCUT2D eigenvalue weighted by Gasteiger charge is -2.32. The minimum atomic E-state index is 0.344. The van der Waals surface area contributed by atoms with Crippen LogP contribution in [0.1, 0.15) is 31.2 Å². The third-order valence-corrected chi connectivity index (χ3v) is 5.17. The highest BCUT2D eigenvalue weighted by atomic mass is 79.9. The maximum atomic E-state index is 12.0. The van der Waals surface area contributed by atoms with Gasteiger partial charge in [-0.05, 0) is 43.4 Å². The van der Waals surface area contributed by atoms with Crippen LogP contribution >= 0.6 is 27.5 Å². The van der Waals surface area contributed by atoms with E-state index < -0.39 is 0 Å². The van der Waals surface area contributed by atoms with Gasteiger partial charge in [0.15, 0.2) is 0 Å². The molecule has 3 rings (SSSR count). The predicted octanol–water partition coefficient (Wildman–Crippen LogP) is 3.59. The fourth-order valence-electron chi connectivity index (χ4n) is 2.81. The Kier molecular flexibility index (Phi) is 4.87. The highest BCUT2D eigenvalue weighted by Gasteiger charge is 2.34. The quantitative estimate of drug-likeness (QED) is 0.877. The van der Waals surface area contributed by atoms with Crippen LogP contribution in [0.3, 0.4) is 0 Å². The summed E-state index contributed by atoms with van der Waals surface area (Å²) in [5.74, 6) is 0.723. The summed E-state index contributed by atoms with van der Waals surface area (Å²) < 4.78 is 1.00. The molecule has 0 atom stereocenters. The molecule has 3 nitrogen and oxygen atoms in total. The summed E-state index contributed by atoms with van der Waals surface area (Å²) in [6.45, 7) is 2.56. The molecule has 0 radical (unpaired) electrons. The Balaban J connectivity index is 1.45. The first kappa shape index (κ1) is 15.3. The van der Waals surface area contributed by atoms with E-state index in [4.69, 9.17) is 11.6 Å². The lowest BCUT2D eigenvalue weighted by molar-refractivity contribution is -0.133. The Morgan fingerprint density at radius 2 is 2.00 bits per heavy atom. The normalized spacial score (nSPS) is 19.8. The van der Waals surface area contributed by atoms with E-state index in [1.807, 2.05) is 23.1 Å². The average Bonchev–Trinajstić information content (AvgIpc) is 3.31. The molecule has 0 spiro atoms. The Morgan fingerprint density at radius 1 is 1.29 bits per heavy atom. The molecule has 1 aliphatic carbocycles. The molecule has 5 heteroatoms. The van der Waals surface area contributed by atoms with E-state index in [1.165, 1.54) is 0 Å². The largest absolute Gasteiger partial charge is 0.342 e. The second-order valence-electron chi connectivity index (χ2n) is 5.99. The van der Waals surface area contributed by atoms with Crippen LogP contribution in [0.2, 0.25) is 5.02 Å². The monoisotopic (exact) mass is 370 g/mol. The van der Waals surface area contributed by atoms with Crippen LogP contribution in [0, 0.1) is 5.92 Å².